The fraction of sp³-hybridized carbons (Fsp3) is 0.667. The Kier molecular flexibility index (Phi) is 20.1. The number of hydrogen-bond acceptors (Lipinski definition) is 4. The molecular formula is C15H31NO3. The van der Waals surface area contributed by atoms with Gasteiger partial charge in [0.2, 0.25) is 0 Å². The maximum Gasteiger partial charge on any atom is 0.307 e. The first-order chi connectivity index (χ1) is 9.06. The van der Waals surface area contributed by atoms with Gasteiger partial charge in [-0.25, -0.2) is 0 Å². The van der Waals surface area contributed by atoms with Crippen LogP contribution in [0.5, 0.6) is 0 Å². The van der Waals surface area contributed by atoms with Crippen LogP contribution in [0.3, 0.4) is 0 Å². The number of carbonyl (C=O) groups is 1. The van der Waals surface area contributed by atoms with E-state index in [1.165, 1.54) is 0 Å². The van der Waals surface area contributed by atoms with Gasteiger partial charge >= 0.3 is 5.97 Å². The number of carbonyl (C=O) groups excluding carboxylic acids is 1. The van der Waals surface area contributed by atoms with Crippen LogP contribution in [0, 0.1) is 0 Å². The van der Waals surface area contributed by atoms with Gasteiger partial charge in [0.1, 0.15) is 5.76 Å². The van der Waals surface area contributed by atoms with Crippen LogP contribution in [0.15, 0.2) is 24.0 Å². The van der Waals surface area contributed by atoms with Crippen molar-refractivity contribution in [2.75, 3.05) is 13.7 Å². The number of ether oxygens (including phenoxy) is 1. The van der Waals surface area contributed by atoms with Gasteiger partial charge in [-0.3, -0.25) is 4.79 Å². The highest BCUT2D eigenvalue weighted by atomic mass is 16.5. The molecule has 0 aromatic carbocycles. The third kappa shape index (κ3) is 11.5. The molecule has 0 aliphatic heterocycles. The third-order valence-electron chi connectivity index (χ3n) is 2.04. The summed E-state index contributed by atoms with van der Waals surface area (Å²) in [6.07, 6.45) is 1.91. The van der Waals surface area contributed by atoms with Crippen LogP contribution in [0.2, 0.25) is 0 Å². The van der Waals surface area contributed by atoms with Gasteiger partial charge in [0.15, 0.2) is 0 Å². The second-order valence-corrected chi connectivity index (χ2v) is 3.04. The molecule has 0 aliphatic rings. The number of allylic oxidation sites excluding steroid dienone is 1. The van der Waals surface area contributed by atoms with Crippen molar-refractivity contribution in [1.82, 2.24) is 5.32 Å². The molecule has 4 nitrogen and oxygen atoms in total. The molecule has 0 aliphatic carbocycles. The Balaban J connectivity index is -0.000000579. The summed E-state index contributed by atoms with van der Waals surface area (Å²) in [4.78, 5) is 11.3. The predicted molar refractivity (Wildman–Crippen MR) is 82.3 cm³/mol. The molecule has 0 saturated heterocycles. The van der Waals surface area contributed by atoms with Crippen molar-refractivity contribution < 1.29 is 14.6 Å². The summed E-state index contributed by atoms with van der Waals surface area (Å²) >= 11 is 0. The number of likely N-dealkylation sites (N-methyl/N-ethyl adjacent to an activating group) is 1. The molecule has 1 atom stereocenters. The molecule has 0 spiro atoms. The highest BCUT2D eigenvalue weighted by Gasteiger charge is 2.18. The van der Waals surface area contributed by atoms with Crippen molar-refractivity contribution in [2.24, 2.45) is 0 Å². The van der Waals surface area contributed by atoms with Crippen LogP contribution in [-0.4, -0.2) is 30.8 Å². The average molecular weight is 273 g/mol. The molecule has 0 aromatic rings. The Morgan fingerprint density at radius 3 is 2.11 bits per heavy atom. The zero-order chi connectivity index (χ0) is 15.8. The van der Waals surface area contributed by atoms with Gasteiger partial charge in [-0.15, -0.1) is 0 Å². The number of hydrogen-bond donors (Lipinski definition) is 2. The molecule has 0 fully saturated rings. The van der Waals surface area contributed by atoms with E-state index in [9.17, 15) is 9.90 Å². The quantitative estimate of drug-likeness (QED) is 0.441. The smallest absolute Gasteiger partial charge is 0.307 e. The van der Waals surface area contributed by atoms with E-state index < -0.39 is 0 Å². The van der Waals surface area contributed by atoms with Gasteiger partial charge in [-0.05, 0) is 20.9 Å². The maximum atomic E-state index is 11.3. The van der Waals surface area contributed by atoms with E-state index in [0.29, 0.717) is 12.2 Å². The molecule has 2 N–H and O–H groups in total. The number of aliphatic hydroxyl groups is 1. The standard InChI is InChI=1S/C11H19NO3.2C2H6/c1-5-9(8(3)13)10(12-4)7-11(14)15-6-2;2*1-2/h5,10,12-13H,3,6-7H2,1-2,4H3;2*1-2H3/b9-5+;;. The summed E-state index contributed by atoms with van der Waals surface area (Å²) in [5, 5.41) is 12.2. The van der Waals surface area contributed by atoms with Crippen LogP contribution in [0.4, 0.5) is 0 Å². The molecule has 1 unspecified atom stereocenters. The van der Waals surface area contributed by atoms with Gasteiger partial charge in [-0.2, -0.15) is 0 Å². The van der Waals surface area contributed by atoms with E-state index in [4.69, 9.17) is 4.74 Å². The fourth-order valence-electron chi connectivity index (χ4n) is 1.32. The first-order valence-electron chi connectivity index (χ1n) is 6.94. The molecule has 114 valence electrons. The minimum atomic E-state index is -0.294. The van der Waals surface area contributed by atoms with Gasteiger partial charge < -0.3 is 15.2 Å². The summed E-state index contributed by atoms with van der Waals surface area (Å²) in [5.74, 6) is -0.321. The molecule has 0 amide bonds. The van der Waals surface area contributed by atoms with Crippen LogP contribution < -0.4 is 5.32 Å². The van der Waals surface area contributed by atoms with E-state index in [2.05, 4.69) is 11.9 Å². The van der Waals surface area contributed by atoms with Gasteiger partial charge in [0.25, 0.3) is 0 Å². The largest absolute Gasteiger partial charge is 0.508 e. The van der Waals surface area contributed by atoms with Crippen LogP contribution in [0.1, 0.15) is 48.0 Å². The summed E-state index contributed by atoms with van der Waals surface area (Å²) in [7, 11) is 1.72. The van der Waals surface area contributed by atoms with Gasteiger partial charge in [0.05, 0.1) is 13.0 Å². The Hall–Kier alpha value is -1.29. The molecule has 4 heteroatoms. The molecule has 19 heavy (non-hydrogen) atoms. The highest BCUT2D eigenvalue weighted by molar-refractivity contribution is 5.71. The monoisotopic (exact) mass is 273 g/mol. The topological polar surface area (TPSA) is 58.6 Å². The minimum absolute atomic E-state index is 0.0267. The maximum absolute atomic E-state index is 11.3. The minimum Gasteiger partial charge on any atom is -0.508 e. The number of aliphatic hydroxyl groups excluding tert-OH is 1. The fourth-order valence-corrected chi connectivity index (χ4v) is 1.32. The van der Waals surface area contributed by atoms with E-state index in [1.54, 1.807) is 27.0 Å². The molecular weight excluding hydrogens is 242 g/mol. The number of rotatable bonds is 6. The van der Waals surface area contributed by atoms with Crippen molar-refractivity contribution in [1.29, 1.82) is 0 Å². The zero-order valence-corrected chi connectivity index (χ0v) is 13.5. The zero-order valence-electron chi connectivity index (χ0n) is 13.5. The second-order valence-electron chi connectivity index (χ2n) is 3.04. The van der Waals surface area contributed by atoms with Crippen molar-refractivity contribution >= 4 is 5.97 Å². The first-order valence-corrected chi connectivity index (χ1v) is 6.94. The Morgan fingerprint density at radius 2 is 1.84 bits per heavy atom. The third-order valence-corrected chi connectivity index (χ3v) is 2.04. The molecule has 0 aromatic heterocycles. The molecule has 0 heterocycles. The van der Waals surface area contributed by atoms with Gasteiger partial charge in [-0.1, -0.05) is 40.3 Å². The van der Waals surface area contributed by atoms with E-state index in [0.717, 1.165) is 0 Å². The summed E-state index contributed by atoms with van der Waals surface area (Å²) < 4.78 is 4.83. The van der Waals surface area contributed by atoms with Crippen molar-refractivity contribution in [3.8, 4) is 0 Å². The molecule has 0 saturated carbocycles. The Bertz CT molecular complexity index is 260. The lowest BCUT2D eigenvalue weighted by molar-refractivity contribution is -0.143. The van der Waals surface area contributed by atoms with E-state index >= 15 is 0 Å². The summed E-state index contributed by atoms with van der Waals surface area (Å²) in [6, 6.07) is -0.258. The highest BCUT2D eigenvalue weighted by Crippen LogP contribution is 2.13. The number of esters is 1. The Labute approximate surface area is 118 Å². The normalized spacial score (nSPS) is 11.2. The van der Waals surface area contributed by atoms with Crippen molar-refractivity contribution in [3.63, 3.8) is 0 Å². The SMILES string of the molecule is C=C(O)/C(=C\C)C(CC(=O)OCC)NC.CC.CC. The predicted octanol–water partition coefficient (Wildman–Crippen LogP) is 3.60. The lowest BCUT2D eigenvalue weighted by atomic mass is 10.0. The Morgan fingerprint density at radius 1 is 1.37 bits per heavy atom. The van der Waals surface area contributed by atoms with Crippen molar-refractivity contribution in [3.05, 3.63) is 24.0 Å². The molecule has 0 bridgehead atoms. The molecule has 0 rings (SSSR count). The summed E-state index contributed by atoms with van der Waals surface area (Å²) in [6.45, 7) is 15.3. The van der Waals surface area contributed by atoms with Crippen LogP contribution in [0.25, 0.3) is 0 Å². The van der Waals surface area contributed by atoms with Crippen LogP contribution in [-0.2, 0) is 9.53 Å². The molecule has 0 radical (unpaired) electrons. The van der Waals surface area contributed by atoms with Crippen molar-refractivity contribution in [2.45, 2.75) is 54.0 Å². The lowest BCUT2D eigenvalue weighted by Crippen LogP contribution is -2.31. The summed E-state index contributed by atoms with van der Waals surface area (Å²) in [5.41, 5.74) is 0.616. The van der Waals surface area contributed by atoms with E-state index in [1.807, 2.05) is 27.7 Å². The van der Waals surface area contributed by atoms with Crippen LogP contribution >= 0.6 is 0 Å². The first kappa shape index (κ1) is 22.9. The second kappa shape index (κ2) is 16.7. The van der Waals surface area contributed by atoms with E-state index in [-0.39, 0.29) is 24.2 Å². The average Bonchev–Trinajstić information content (AvgIpc) is 2.42. The number of nitrogens with one attached hydrogen (secondary N) is 1. The lowest BCUT2D eigenvalue weighted by Gasteiger charge is -2.17. The van der Waals surface area contributed by atoms with Gasteiger partial charge in [0, 0.05) is 11.6 Å².